The molecule has 8 nitrogen and oxygen atoms in total. The average molecular weight is 412 g/mol. The third-order valence-corrected chi connectivity index (χ3v) is 7.87. The molecule has 0 spiro atoms. The fourth-order valence-electron chi connectivity index (χ4n) is 3.31. The van der Waals surface area contributed by atoms with E-state index >= 15 is 0 Å². The molecule has 2 aliphatic heterocycles. The van der Waals surface area contributed by atoms with Gasteiger partial charge in [-0.15, -0.1) is 0 Å². The molecule has 1 atom stereocenters. The Kier molecular flexibility index (Phi) is 4.61. The van der Waals surface area contributed by atoms with Crippen LogP contribution in [0.2, 0.25) is 0 Å². The van der Waals surface area contributed by atoms with E-state index in [-0.39, 0.29) is 22.3 Å². The summed E-state index contributed by atoms with van der Waals surface area (Å²) in [5.41, 5.74) is 0.638. The Hall–Kier alpha value is -1.75. The summed E-state index contributed by atoms with van der Waals surface area (Å²) in [7, 11) is -7.12. The third kappa shape index (κ3) is 3.54. The number of aromatic nitrogens is 1. The SMILES string of the molecule is CS(=O)(=O)c1ccc(S(=O)(=O)N2CCc3oc(C4CCOC4)nc3C2)cc1. The summed E-state index contributed by atoms with van der Waals surface area (Å²) in [6, 6.07) is 5.27. The molecule has 1 saturated heterocycles. The maximum Gasteiger partial charge on any atom is 0.243 e. The van der Waals surface area contributed by atoms with Crippen LogP contribution >= 0.6 is 0 Å². The molecular formula is C17H20N2O6S2. The highest BCUT2D eigenvalue weighted by molar-refractivity contribution is 7.90. The van der Waals surface area contributed by atoms with Crippen molar-refractivity contribution < 1.29 is 26.0 Å². The highest BCUT2D eigenvalue weighted by atomic mass is 32.2. The second-order valence-corrected chi connectivity index (χ2v) is 10.8. The molecule has 0 aliphatic carbocycles. The van der Waals surface area contributed by atoms with Gasteiger partial charge in [-0.05, 0) is 30.7 Å². The normalized spacial score (nSPS) is 21.3. The predicted molar refractivity (Wildman–Crippen MR) is 95.5 cm³/mol. The lowest BCUT2D eigenvalue weighted by Gasteiger charge is -2.24. The van der Waals surface area contributed by atoms with Crippen molar-refractivity contribution in [2.75, 3.05) is 26.0 Å². The molecule has 0 N–H and O–H groups in total. The van der Waals surface area contributed by atoms with Crippen molar-refractivity contribution in [3.63, 3.8) is 0 Å². The molecule has 146 valence electrons. The Morgan fingerprint density at radius 3 is 2.44 bits per heavy atom. The molecule has 10 heteroatoms. The summed E-state index contributed by atoms with van der Waals surface area (Å²) in [5.74, 6) is 1.48. The number of hydrogen-bond acceptors (Lipinski definition) is 7. The Morgan fingerprint density at radius 2 is 1.81 bits per heavy atom. The number of sulfonamides is 1. The van der Waals surface area contributed by atoms with Crippen molar-refractivity contribution in [2.24, 2.45) is 0 Å². The second-order valence-electron chi connectivity index (χ2n) is 6.81. The molecule has 2 aromatic rings. The Balaban J connectivity index is 1.57. The quantitative estimate of drug-likeness (QED) is 0.745. The van der Waals surface area contributed by atoms with Gasteiger partial charge in [0.15, 0.2) is 15.7 Å². The zero-order valence-corrected chi connectivity index (χ0v) is 16.4. The molecule has 1 fully saturated rings. The molecule has 0 radical (unpaired) electrons. The molecule has 1 aromatic heterocycles. The molecule has 1 unspecified atom stereocenters. The van der Waals surface area contributed by atoms with Crippen LogP contribution in [-0.4, -0.2) is 52.1 Å². The summed E-state index contributed by atoms with van der Waals surface area (Å²) in [6.07, 6.45) is 2.39. The summed E-state index contributed by atoms with van der Waals surface area (Å²) >= 11 is 0. The molecule has 0 amide bonds. The maximum atomic E-state index is 12.9. The molecule has 0 bridgehead atoms. The first kappa shape index (κ1) is 18.6. The lowest BCUT2D eigenvalue weighted by atomic mass is 10.1. The zero-order chi connectivity index (χ0) is 19.2. The molecule has 0 saturated carbocycles. The van der Waals surface area contributed by atoms with Gasteiger partial charge >= 0.3 is 0 Å². The van der Waals surface area contributed by atoms with Crippen LogP contribution in [0.4, 0.5) is 0 Å². The topological polar surface area (TPSA) is 107 Å². The van der Waals surface area contributed by atoms with E-state index in [0.29, 0.717) is 37.8 Å². The molecule has 4 rings (SSSR count). The Labute approximate surface area is 158 Å². The molecule has 27 heavy (non-hydrogen) atoms. The number of hydrogen-bond donors (Lipinski definition) is 0. The third-order valence-electron chi connectivity index (χ3n) is 4.88. The summed E-state index contributed by atoms with van der Waals surface area (Å²) in [4.78, 5) is 4.65. The second kappa shape index (κ2) is 6.69. The lowest BCUT2D eigenvalue weighted by Crippen LogP contribution is -2.35. The molecule has 3 heterocycles. The van der Waals surface area contributed by atoms with Crippen molar-refractivity contribution in [1.82, 2.24) is 9.29 Å². The van der Waals surface area contributed by atoms with Gasteiger partial charge in [-0.2, -0.15) is 4.31 Å². The van der Waals surface area contributed by atoms with E-state index in [0.717, 1.165) is 18.4 Å². The number of oxazole rings is 1. The van der Waals surface area contributed by atoms with Crippen LogP contribution in [0, 0.1) is 0 Å². The van der Waals surface area contributed by atoms with Crippen LogP contribution in [0.25, 0.3) is 0 Å². The van der Waals surface area contributed by atoms with Crippen molar-refractivity contribution in [2.45, 2.75) is 35.1 Å². The molecule has 2 aliphatic rings. The van der Waals surface area contributed by atoms with Crippen LogP contribution in [0.15, 0.2) is 38.5 Å². The Bertz CT molecular complexity index is 1050. The minimum absolute atomic E-state index is 0.0614. The standard InChI is InChI=1S/C17H20N2O6S2/c1-26(20,21)13-2-4-14(5-3-13)27(22,23)19-8-6-16-15(10-19)18-17(25-16)12-7-9-24-11-12/h2-5,12H,6-11H2,1H3. The minimum atomic E-state index is -3.74. The van der Waals surface area contributed by atoms with Crippen LogP contribution in [0.5, 0.6) is 0 Å². The first-order valence-corrected chi connectivity index (χ1v) is 11.9. The number of ether oxygens (including phenoxy) is 1. The zero-order valence-electron chi connectivity index (χ0n) is 14.8. The summed E-state index contributed by atoms with van der Waals surface area (Å²) in [5, 5.41) is 0. The van der Waals surface area contributed by atoms with E-state index in [4.69, 9.17) is 9.15 Å². The monoisotopic (exact) mass is 412 g/mol. The van der Waals surface area contributed by atoms with Crippen molar-refractivity contribution >= 4 is 19.9 Å². The van der Waals surface area contributed by atoms with Crippen LogP contribution in [-0.2, 0) is 37.6 Å². The molecular weight excluding hydrogens is 392 g/mol. The van der Waals surface area contributed by atoms with Gasteiger partial charge in [0.2, 0.25) is 10.0 Å². The first-order chi connectivity index (χ1) is 12.7. The van der Waals surface area contributed by atoms with Crippen molar-refractivity contribution in [1.29, 1.82) is 0 Å². The lowest BCUT2D eigenvalue weighted by molar-refractivity contribution is 0.190. The predicted octanol–water partition coefficient (Wildman–Crippen LogP) is 1.33. The molecule has 1 aromatic carbocycles. The van der Waals surface area contributed by atoms with Crippen LogP contribution < -0.4 is 0 Å². The first-order valence-electron chi connectivity index (χ1n) is 8.61. The van der Waals surface area contributed by atoms with Gasteiger partial charge in [-0.3, -0.25) is 0 Å². The summed E-state index contributed by atoms with van der Waals surface area (Å²) < 4.78 is 61.5. The summed E-state index contributed by atoms with van der Waals surface area (Å²) in [6.45, 7) is 1.69. The van der Waals surface area contributed by atoms with E-state index in [1.54, 1.807) is 0 Å². The number of benzene rings is 1. The van der Waals surface area contributed by atoms with Gasteiger partial charge in [0.05, 0.1) is 34.6 Å². The fraction of sp³-hybridized carbons (Fsp3) is 0.471. The minimum Gasteiger partial charge on any atom is -0.445 e. The number of rotatable bonds is 4. The van der Waals surface area contributed by atoms with Gasteiger partial charge in [-0.1, -0.05) is 0 Å². The van der Waals surface area contributed by atoms with Crippen LogP contribution in [0.3, 0.4) is 0 Å². The van der Waals surface area contributed by atoms with Crippen LogP contribution in [0.1, 0.15) is 29.7 Å². The number of nitrogens with zero attached hydrogens (tertiary/aromatic N) is 2. The number of sulfone groups is 1. The van der Waals surface area contributed by atoms with Gasteiger partial charge in [-0.25, -0.2) is 21.8 Å². The fourth-order valence-corrected chi connectivity index (χ4v) is 5.34. The Morgan fingerprint density at radius 1 is 1.11 bits per heavy atom. The van der Waals surface area contributed by atoms with Gasteiger partial charge < -0.3 is 9.15 Å². The average Bonchev–Trinajstić information content (AvgIpc) is 3.29. The van der Waals surface area contributed by atoms with Crippen molar-refractivity contribution in [3.8, 4) is 0 Å². The smallest absolute Gasteiger partial charge is 0.243 e. The van der Waals surface area contributed by atoms with E-state index in [9.17, 15) is 16.8 Å². The van der Waals surface area contributed by atoms with E-state index < -0.39 is 19.9 Å². The van der Waals surface area contributed by atoms with E-state index in [1.807, 2.05) is 0 Å². The van der Waals surface area contributed by atoms with Gasteiger partial charge in [0.1, 0.15) is 5.76 Å². The highest BCUT2D eigenvalue weighted by Crippen LogP contribution is 2.30. The van der Waals surface area contributed by atoms with Crippen molar-refractivity contribution in [3.05, 3.63) is 41.6 Å². The number of fused-ring (bicyclic) bond motifs is 1. The van der Waals surface area contributed by atoms with E-state index in [1.165, 1.54) is 28.6 Å². The maximum absolute atomic E-state index is 12.9. The highest BCUT2D eigenvalue weighted by Gasteiger charge is 2.33. The van der Waals surface area contributed by atoms with Gasteiger partial charge in [0.25, 0.3) is 0 Å². The van der Waals surface area contributed by atoms with E-state index in [2.05, 4.69) is 4.98 Å². The largest absolute Gasteiger partial charge is 0.445 e. The van der Waals surface area contributed by atoms with Gasteiger partial charge in [0, 0.05) is 25.8 Å².